The number of phenols is 1. The summed E-state index contributed by atoms with van der Waals surface area (Å²) in [6, 6.07) is 3.23. The third kappa shape index (κ3) is 2.07. The average molecular weight is 258 g/mol. The molecule has 0 aliphatic carbocycles. The van der Waals surface area contributed by atoms with Crippen molar-refractivity contribution >= 4 is 17.6 Å². The molecule has 88 valence electrons. The van der Waals surface area contributed by atoms with Crippen molar-refractivity contribution in [1.82, 2.24) is 5.16 Å². The number of hydrogen-bond acceptors (Lipinski definition) is 4. The number of rotatable bonds is 2. The Morgan fingerprint density at radius 1 is 1.41 bits per heavy atom. The number of aromatic carboxylic acids is 1. The lowest BCUT2D eigenvalue weighted by Gasteiger charge is -2.02. The highest BCUT2D eigenvalue weighted by Gasteiger charge is 2.17. The lowest BCUT2D eigenvalue weighted by atomic mass is 10.1. The number of phenolic OH excluding ortho intramolecular Hbond substituents is 1. The van der Waals surface area contributed by atoms with E-state index >= 15 is 0 Å². The minimum atomic E-state index is -1.29. The third-order valence-corrected chi connectivity index (χ3v) is 2.24. The fourth-order valence-electron chi connectivity index (χ4n) is 1.26. The maximum atomic E-state index is 13.2. The molecule has 1 heterocycles. The molecule has 0 bridgehead atoms. The molecule has 1 aromatic carbocycles. The number of nitrogens with zero attached hydrogens (tertiary/aromatic N) is 1. The molecule has 0 aliphatic heterocycles. The highest BCUT2D eigenvalue weighted by molar-refractivity contribution is 6.31. The first-order valence-electron chi connectivity index (χ1n) is 4.37. The van der Waals surface area contributed by atoms with Gasteiger partial charge in [-0.3, -0.25) is 0 Å². The molecule has 1 aromatic heterocycles. The van der Waals surface area contributed by atoms with Crippen LogP contribution in [0.25, 0.3) is 11.3 Å². The van der Waals surface area contributed by atoms with E-state index in [9.17, 15) is 14.3 Å². The number of carboxylic acids is 1. The molecular formula is C10H5ClFNO4. The predicted octanol–water partition coefficient (Wildman–Crippen LogP) is 2.54. The molecule has 2 N–H and O–H groups in total. The van der Waals surface area contributed by atoms with Crippen molar-refractivity contribution in [2.45, 2.75) is 0 Å². The van der Waals surface area contributed by atoms with Crippen LogP contribution in [0.2, 0.25) is 5.02 Å². The number of benzene rings is 1. The molecule has 0 spiro atoms. The SMILES string of the molecule is O=C(O)c1cc(-c2cc(Cl)cc(F)c2O)on1. The van der Waals surface area contributed by atoms with Gasteiger partial charge >= 0.3 is 5.97 Å². The lowest BCUT2D eigenvalue weighted by molar-refractivity contribution is 0.0686. The minimum absolute atomic E-state index is 0.0450. The summed E-state index contributed by atoms with van der Waals surface area (Å²) in [5, 5.41) is 21.4. The predicted molar refractivity (Wildman–Crippen MR) is 55.5 cm³/mol. The van der Waals surface area contributed by atoms with Crippen molar-refractivity contribution in [2.75, 3.05) is 0 Å². The van der Waals surface area contributed by atoms with E-state index in [1.54, 1.807) is 0 Å². The van der Waals surface area contributed by atoms with E-state index in [-0.39, 0.29) is 22.0 Å². The average Bonchev–Trinajstić information content (AvgIpc) is 2.72. The first kappa shape index (κ1) is 11.4. The smallest absolute Gasteiger partial charge is 0.358 e. The van der Waals surface area contributed by atoms with E-state index < -0.39 is 17.5 Å². The summed E-state index contributed by atoms with van der Waals surface area (Å²) >= 11 is 5.61. The molecule has 7 heteroatoms. The van der Waals surface area contributed by atoms with Gasteiger partial charge in [-0.2, -0.15) is 0 Å². The van der Waals surface area contributed by atoms with Crippen LogP contribution in [0.5, 0.6) is 5.75 Å². The number of aromatic hydroxyl groups is 1. The van der Waals surface area contributed by atoms with E-state index in [0.717, 1.165) is 12.1 Å². The highest BCUT2D eigenvalue weighted by atomic mass is 35.5. The van der Waals surface area contributed by atoms with Crippen LogP contribution >= 0.6 is 11.6 Å². The van der Waals surface area contributed by atoms with Gasteiger partial charge in [0.25, 0.3) is 0 Å². The molecule has 0 saturated heterocycles. The second kappa shape index (κ2) is 4.06. The molecule has 17 heavy (non-hydrogen) atoms. The molecule has 0 radical (unpaired) electrons. The summed E-state index contributed by atoms with van der Waals surface area (Å²) in [6.07, 6.45) is 0. The molecule has 0 fully saturated rings. The normalized spacial score (nSPS) is 10.5. The molecule has 0 saturated carbocycles. The van der Waals surface area contributed by atoms with E-state index in [0.29, 0.717) is 0 Å². The van der Waals surface area contributed by atoms with Crippen LogP contribution in [0.3, 0.4) is 0 Å². The van der Waals surface area contributed by atoms with Crippen molar-refractivity contribution in [1.29, 1.82) is 0 Å². The van der Waals surface area contributed by atoms with Gasteiger partial charge in [0, 0.05) is 11.1 Å². The lowest BCUT2D eigenvalue weighted by Crippen LogP contribution is -1.94. The van der Waals surface area contributed by atoms with Crippen LogP contribution in [0.15, 0.2) is 22.7 Å². The summed E-state index contributed by atoms with van der Waals surface area (Å²) < 4.78 is 17.9. The summed E-state index contributed by atoms with van der Waals surface area (Å²) in [5.74, 6) is -2.98. The monoisotopic (exact) mass is 257 g/mol. The van der Waals surface area contributed by atoms with Gasteiger partial charge < -0.3 is 14.7 Å². The molecule has 0 unspecified atom stereocenters. The van der Waals surface area contributed by atoms with Crippen LogP contribution in [0.1, 0.15) is 10.5 Å². The van der Waals surface area contributed by atoms with Gasteiger partial charge in [0.05, 0.1) is 5.56 Å². The zero-order chi connectivity index (χ0) is 12.6. The maximum absolute atomic E-state index is 13.2. The Morgan fingerprint density at radius 3 is 2.71 bits per heavy atom. The van der Waals surface area contributed by atoms with Crippen LogP contribution in [-0.2, 0) is 0 Å². The molecule has 2 aromatic rings. The summed E-state index contributed by atoms with van der Waals surface area (Å²) in [7, 11) is 0. The largest absolute Gasteiger partial charge is 0.504 e. The van der Waals surface area contributed by atoms with Crippen molar-refractivity contribution in [3.05, 3.63) is 34.7 Å². The maximum Gasteiger partial charge on any atom is 0.358 e. The summed E-state index contributed by atoms with van der Waals surface area (Å²) in [5.41, 5.74) is -0.408. The van der Waals surface area contributed by atoms with Crippen molar-refractivity contribution in [3.63, 3.8) is 0 Å². The Labute approximate surface area is 99.0 Å². The van der Waals surface area contributed by atoms with Crippen molar-refractivity contribution < 1.29 is 23.9 Å². The molecule has 0 amide bonds. The molecule has 2 rings (SSSR count). The fourth-order valence-corrected chi connectivity index (χ4v) is 1.46. The topological polar surface area (TPSA) is 83.6 Å². The van der Waals surface area contributed by atoms with E-state index in [4.69, 9.17) is 16.7 Å². The van der Waals surface area contributed by atoms with Crippen LogP contribution < -0.4 is 0 Å². The van der Waals surface area contributed by atoms with Crippen LogP contribution in [0, 0.1) is 5.82 Å². The van der Waals surface area contributed by atoms with Crippen LogP contribution in [0.4, 0.5) is 4.39 Å². The third-order valence-electron chi connectivity index (χ3n) is 2.02. The quantitative estimate of drug-likeness (QED) is 0.864. The number of aromatic nitrogens is 1. The molecule has 0 aliphatic rings. The van der Waals surface area contributed by atoms with Gasteiger partial charge in [0.15, 0.2) is 23.0 Å². The van der Waals surface area contributed by atoms with Gasteiger partial charge in [0.1, 0.15) is 0 Å². The zero-order valence-electron chi connectivity index (χ0n) is 8.15. The first-order valence-corrected chi connectivity index (χ1v) is 4.75. The van der Waals surface area contributed by atoms with Gasteiger partial charge in [-0.25, -0.2) is 9.18 Å². The first-order chi connectivity index (χ1) is 7.99. The fraction of sp³-hybridized carbons (Fsp3) is 0. The van der Waals surface area contributed by atoms with Gasteiger partial charge in [0.2, 0.25) is 0 Å². The number of hydrogen-bond donors (Lipinski definition) is 2. The van der Waals surface area contributed by atoms with Gasteiger partial charge in [-0.1, -0.05) is 16.8 Å². The number of carbonyl (C=O) groups is 1. The summed E-state index contributed by atoms with van der Waals surface area (Å²) in [6.45, 7) is 0. The van der Waals surface area contributed by atoms with Gasteiger partial charge in [-0.15, -0.1) is 0 Å². The number of halogens is 2. The second-order valence-electron chi connectivity index (χ2n) is 3.17. The standard InChI is InChI=1S/C10H5ClFNO4/c11-4-1-5(9(14)6(12)2-4)8-3-7(10(15)16)13-17-8/h1-3,14H,(H,15,16). The zero-order valence-corrected chi connectivity index (χ0v) is 8.90. The number of carboxylic acid groups (broad SMARTS) is 1. The Hall–Kier alpha value is -2.08. The Balaban J connectivity index is 2.56. The molecule has 5 nitrogen and oxygen atoms in total. The Bertz CT molecular complexity index is 596. The van der Waals surface area contributed by atoms with E-state index in [1.807, 2.05) is 0 Å². The highest BCUT2D eigenvalue weighted by Crippen LogP contribution is 2.34. The minimum Gasteiger partial charge on any atom is -0.504 e. The van der Waals surface area contributed by atoms with E-state index in [2.05, 4.69) is 9.68 Å². The van der Waals surface area contributed by atoms with Gasteiger partial charge in [-0.05, 0) is 12.1 Å². The Morgan fingerprint density at radius 2 is 2.12 bits per heavy atom. The van der Waals surface area contributed by atoms with Crippen molar-refractivity contribution in [3.8, 4) is 17.1 Å². The Kier molecular flexibility index (Phi) is 2.72. The summed E-state index contributed by atoms with van der Waals surface area (Å²) in [4.78, 5) is 10.6. The van der Waals surface area contributed by atoms with Crippen LogP contribution in [-0.4, -0.2) is 21.3 Å². The van der Waals surface area contributed by atoms with Crippen molar-refractivity contribution in [2.24, 2.45) is 0 Å². The molecule has 0 atom stereocenters. The second-order valence-corrected chi connectivity index (χ2v) is 3.60. The molecular weight excluding hydrogens is 253 g/mol. The van der Waals surface area contributed by atoms with E-state index in [1.165, 1.54) is 6.07 Å².